The molecule has 18 heavy (non-hydrogen) atoms. The monoisotopic (exact) mass is 291 g/mol. The van der Waals surface area contributed by atoms with E-state index in [1.54, 1.807) is 13.8 Å². The minimum absolute atomic E-state index is 0.116. The van der Waals surface area contributed by atoms with Gasteiger partial charge >= 0.3 is 0 Å². The van der Waals surface area contributed by atoms with Crippen LogP contribution in [0.5, 0.6) is 0 Å². The molecule has 0 bridgehead atoms. The molecule has 2 N–H and O–H groups in total. The quantitative estimate of drug-likeness (QED) is 0.642. The standard InChI is InChI=1S/C11H18NO4PS/c1-3-16-17(13,4-2)9-18(14,15)11-7-5-10(12)6-8-11/h5-8H,3-4,9,12H2,1-2H3. The van der Waals surface area contributed by atoms with E-state index < -0.39 is 22.7 Å². The summed E-state index contributed by atoms with van der Waals surface area (Å²) in [5.41, 5.74) is 5.52. The van der Waals surface area contributed by atoms with Gasteiger partial charge in [0.1, 0.15) is 5.49 Å². The predicted octanol–water partition coefficient (Wildman–Crippen LogP) is 2.33. The van der Waals surface area contributed by atoms with E-state index in [0.717, 1.165) is 0 Å². The van der Waals surface area contributed by atoms with Crippen molar-refractivity contribution in [1.82, 2.24) is 0 Å². The Labute approximate surface area is 108 Å². The Morgan fingerprint density at radius 3 is 2.22 bits per heavy atom. The lowest BCUT2D eigenvalue weighted by atomic mass is 10.3. The number of benzene rings is 1. The molecule has 1 atom stereocenters. The highest BCUT2D eigenvalue weighted by atomic mass is 32.2. The smallest absolute Gasteiger partial charge is 0.217 e. The predicted molar refractivity (Wildman–Crippen MR) is 72.7 cm³/mol. The van der Waals surface area contributed by atoms with Gasteiger partial charge in [0, 0.05) is 11.8 Å². The normalized spacial score (nSPS) is 15.2. The van der Waals surface area contributed by atoms with Crippen LogP contribution in [0.3, 0.4) is 0 Å². The van der Waals surface area contributed by atoms with E-state index in [0.29, 0.717) is 5.69 Å². The van der Waals surface area contributed by atoms with Crippen LogP contribution in [0.25, 0.3) is 0 Å². The number of nitrogens with two attached hydrogens (primary N) is 1. The molecule has 0 saturated heterocycles. The molecule has 0 spiro atoms. The van der Waals surface area contributed by atoms with E-state index in [1.807, 2.05) is 0 Å². The number of rotatable bonds is 6. The molecule has 0 aromatic heterocycles. The summed E-state index contributed by atoms with van der Waals surface area (Å²) < 4.78 is 41.5. The number of hydrogen-bond donors (Lipinski definition) is 1. The minimum atomic E-state index is -3.61. The summed E-state index contributed by atoms with van der Waals surface area (Å²) in [5.74, 6) is 0. The minimum Gasteiger partial charge on any atom is -0.399 e. The molecule has 1 unspecified atom stereocenters. The summed E-state index contributed by atoms with van der Waals surface area (Å²) in [5, 5.41) is 0. The highest BCUT2D eigenvalue weighted by Crippen LogP contribution is 2.48. The van der Waals surface area contributed by atoms with Crippen LogP contribution in [0.1, 0.15) is 13.8 Å². The molecule has 102 valence electrons. The van der Waals surface area contributed by atoms with E-state index >= 15 is 0 Å². The van der Waals surface area contributed by atoms with Crippen molar-refractivity contribution < 1.29 is 17.5 Å². The SMILES string of the molecule is CCOP(=O)(CC)CS(=O)(=O)c1ccc(N)cc1. The lowest BCUT2D eigenvalue weighted by Crippen LogP contribution is -2.10. The second kappa shape index (κ2) is 5.87. The molecule has 0 fully saturated rings. The fourth-order valence-corrected chi connectivity index (χ4v) is 6.36. The maximum absolute atomic E-state index is 12.2. The van der Waals surface area contributed by atoms with Crippen LogP contribution in [-0.4, -0.2) is 26.7 Å². The van der Waals surface area contributed by atoms with Crippen LogP contribution in [-0.2, 0) is 18.9 Å². The molecule has 1 aromatic carbocycles. The van der Waals surface area contributed by atoms with Gasteiger partial charge in [-0.25, -0.2) is 8.42 Å². The Kier molecular flexibility index (Phi) is 4.96. The first-order chi connectivity index (χ1) is 8.33. The van der Waals surface area contributed by atoms with Crippen molar-refractivity contribution in [2.45, 2.75) is 18.7 Å². The van der Waals surface area contributed by atoms with Crippen LogP contribution in [0.15, 0.2) is 29.2 Å². The lowest BCUT2D eigenvalue weighted by Gasteiger charge is -2.16. The van der Waals surface area contributed by atoms with Gasteiger partial charge in [0.2, 0.25) is 7.37 Å². The largest absolute Gasteiger partial charge is 0.399 e. The van der Waals surface area contributed by atoms with Gasteiger partial charge < -0.3 is 10.3 Å². The van der Waals surface area contributed by atoms with Gasteiger partial charge in [0.25, 0.3) is 0 Å². The van der Waals surface area contributed by atoms with Crippen molar-refractivity contribution in [1.29, 1.82) is 0 Å². The molecule has 0 heterocycles. The van der Waals surface area contributed by atoms with Crippen LogP contribution in [0.2, 0.25) is 0 Å². The van der Waals surface area contributed by atoms with Gasteiger partial charge in [0.05, 0.1) is 11.5 Å². The van der Waals surface area contributed by atoms with Gasteiger partial charge in [-0.15, -0.1) is 0 Å². The molecule has 0 aliphatic heterocycles. The zero-order valence-electron chi connectivity index (χ0n) is 10.5. The van der Waals surface area contributed by atoms with Crippen LogP contribution in [0, 0.1) is 0 Å². The summed E-state index contributed by atoms with van der Waals surface area (Å²) in [6.07, 6.45) is 0.203. The average molecular weight is 291 g/mol. The van der Waals surface area contributed by atoms with Gasteiger partial charge in [-0.1, -0.05) is 6.92 Å². The van der Waals surface area contributed by atoms with Crippen LogP contribution >= 0.6 is 7.37 Å². The number of nitrogen functional groups attached to an aromatic ring is 1. The highest BCUT2D eigenvalue weighted by molar-refractivity contribution is 7.98. The van der Waals surface area contributed by atoms with E-state index in [-0.39, 0.29) is 17.7 Å². The number of anilines is 1. The molecule has 5 nitrogen and oxygen atoms in total. The summed E-state index contributed by atoms with van der Waals surface area (Å²) in [6.45, 7) is 3.59. The Morgan fingerprint density at radius 2 is 1.78 bits per heavy atom. The molecule has 0 amide bonds. The first-order valence-electron chi connectivity index (χ1n) is 5.64. The first-order valence-corrected chi connectivity index (χ1v) is 9.28. The molecular formula is C11H18NO4PS. The Balaban J connectivity index is 3.01. The summed E-state index contributed by atoms with van der Waals surface area (Å²) in [4.78, 5) is 0.116. The first kappa shape index (κ1) is 15.2. The maximum atomic E-state index is 12.2. The van der Waals surface area contributed by atoms with Crippen LogP contribution in [0.4, 0.5) is 5.69 Å². The van der Waals surface area contributed by atoms with Crippen molar-refractivity contribution in [2.75, 3.05) is 24.0 Å². The van der Waals surface area contributed by atoms with Gasteiger partial charge in [-0.3, -0.25) is 4.57 Å². The van der Waals surface area contributed by atoms with E-state index in [9.17, 15) is 13.0 Å². The van der Waals surface area contributed by atoms with Gasteiger partial charge in [0.15, 0.2) is 9.84 Å². The molecule has 1 aromatic rings. The highest BCUT2D eigenvalue weighted by Gasteiger charge is 2.29. The fraction of sp³-hybridized carbons (Fsp3) is 0.455. The van der Waals surface area contributed by atoms with E-state index in [1.165, 1.54) is 24.3 Å². The van der Waals surface area contributed by atoms with E-state index in [4.69, 9.17) is 10.3 Å². The zero-order valence-corrected chi connectivity index (χ0v) is 12.2. The maximum Gasteiger partial charge on any atom is 0.217 e. The summed E-state index contributed by atoms with van der Waals surface area (Å²) in [6, 6.07) is 5.84. The molecule has 7 heteroatoms. The molecular weight excluding hydrogens is 273 g/mol. The van der Waals surface area contributed by atoms with Crippen LogP contribution < -0.4 is 5.73 Å². The summed E-state index contributed by atoms with van der Waals surface area (Å²) in [7, 11) is -6.73. The third-order valence-corrected chi connectivity index (χ3v) is 8.07. The van der Waals surface area contributed by atoms with Gasteiger partial charge in [-0.2, -0.15) is 0 Å². The lowest BCUT2D eigenvalue weighted by molar-refractivity contribution is 0.336. The molecule has 0 aliphatic rings. The second-order valence-corrected chi connectivity index (χ2v) is 9.11. The Morgan fingerprint density at radius 1 is 1.22 bits per heavy atom. The second-order valence-electron chi connectivity index (χ2n) is 3.86. The third kappa shape index (κ3) is 3.83. The van der Waals surface area contributed by atoms with Crippen molar-refractivity contribution in [2.24, 2.45) is 0 Å². The Hall–Kier alpha value is -0.840. The topological polar surface area (TPSA) is 86.5 Å². The van der Waals surface area contributed by atoms with E-state index in [2.05, 4.69) is 0 Å². The number of sulfone groups is 1. The van der Waals surface area contributed by atoms with Gasteiger partial charge in [-0.05, 0) is 31.2 Å². The van der Waals surface area contributed by atoms with Crippen molar-refractivity contribution in [3.05, 3.63) is 24.3 Å². The zero-order chi connectivity index (χ0) is 13.8. The van der Waals surface area contributed by atoms with Crippen molar-refractivity contribution in [3.8, 4) is 0 Å². The Bertz CT molecular complexity index is 539. The average Bonchev–Trinajstić information content (AvgIpc) is 2.29. The summed E-state index contributed by atoms with van der Waals surface area (Å²) >= 11 is 0. The van der Waals surface area contributed by atoms with Crippen molar-refractivity contribution in [3.63, 3.8) is 0 Å². The fourth-order valence-electron chi connectivity index (χ4n) is 1.46. The molecule has 0 aliphatic carbocycles. The molecule has 0 saturated carbocycles. The number of hydrogen-bond acceptors (Lipinski definition) is 5. The molecule has 0 radical (unpaired) electrons. The third-order valence-electron chi connectivity index (χ3n) is 2.45. The van der Waals surface area contributed by atoms with Crippen molar-refractivity contribution >= 4 is 22.9 Å². The molecule has 1 rings (SSSR count).